The van der Waals surface area contributed by atoms with Crippen molar-refractivity contribution in [3.63, 3.8) is 0 Å². The molecule has 0 radical (unpaired) electrons. The Balaban J connectivity index is 1.33. The SMILES string of the molecule is COCO[C@H]([C@@H](C)C(C)C)[C@H](OC(C)=O)[C@](C)(O)[C@H]1CC[C@H]2[C@@H]3CC4(OCCO4)[C@H]4C[C@@H]5OC(C)(C)O[C@@H]5C[C@]4(C)[C@H]3CC[C@]12C. The Bertz CT molecular complexity index is 1120. The first-order valence-electron chi connectivity index (χ1n) is 18.1. The van der Waals surface area contributed by atoms with Crippen LogP contribution in [0.4, 0.5) is 0 Å². The van der Waals surface area contributed by atoms with Gasteiger partial charge in [-0.15, -0.1) is 0 Å². The van der Waals surface area contributed by atoms with Gasteiger partial charge in [0.25, 0.3) is 0 Å². The summed E-state index contributed by atoms with van der Waals surface area (Å²) in [6.07, 6.45) is 5.52. The molecule has 6 aliphatic rings. The van der Waals surface area contributed by atoms with Crippen LogP contribution in [0.15, 0.2) is 0 Å². The fraction of sp³-hybridized carbons (Fsp3) is 0.973. The zero-order valence-corrected chi connectivity index (χ0v) is 30.1. The summed E-state index contributed by atoms with van der Waals surface area (Å²) in [5.41, 5.74) is -1.46. The minimum atomic E-state index is -1.30. The topological polar surface area (TPSA) is 102 Å². The van der Waals surface area contributed by atoms with Gasteiger partial charge in [0.1, 0.15) is 18.5 Å². The van der Waals surface area contributed by atoms with E-state index in [1.54, 1.807) is 7.11 Å². The minimum Gasteiger partial charge on any atom is -0.457 e. The van der Waals surface area contributed by atoms with Gasteiger partial charge in [-0.3, -0.25) is 4.79 Å². The molecule has 4 saturated carbocycles. The molecule has 0 aromatic rings. The molecule has 46 heavy (non-hydrogen) atoms. The molecule has 0 bridgehead atoms. The highest BCUT2D eigenvalue weighted by atomic mass is 16.8. The molecule has 0 aromatic heterocycles. The Hall–Kier alpha value is -0.810. The number of esters is 1. The van der Waals surface area contributed by atoms with Crippen molar-refractivity contribution >= 4 is 5.97 Å². The maximum atomic E-state index is 12.7. The second-order valence-corrected chi connectivity index (χ2v) is 17.4. The van der Waals surface area contributed by atoms with Gasteiger partial charge < -0.3 is 38.3 Å². The summed E-state index contributed by atoms with van der Waals surface area (Å²) in [4.78, 5) is 12.6. The molecule has 0 aromatic carbocycles. The largest absolute Gasteiger partial charge is 0.457 e. The molecule has 9 nitrogen and oxygen atoms in total. The Morgan fingerprint density at radius 3 is 2.24 bits per heavy atom. The van der Waals surface area contributed by atoms with Gasteiger partial charge in [0, 0.05) is 26.4 Å². The van der Waals surface area contributed by atoms with E-state index in [-0.39, 0.29) is 53.5 Å². The number of hydrogen-bond acceptors (Lipinski definition) is 9. The Morgan fingerprint density at radius 2 is 1.61 bits per heavy atom. The van der Waals surface area contributed by atoms with E-state index in [9.17, 15) is 9.90 Å². The average molecular weight is 651 g/mol. The van der Waals surface area contributed by atoms with Gasteiger partial charge in [-0.2, -0.15) is 0 Å². The lowest BCUT2D eigenvalue weighted by Crippen LogP contribution is -2.66. The molecular weight excluding hydrogens is 588 g/mol. The van der Waals surface area contributed by atoms with Gasteiger partial charge in [-0.25, -0.2) is 0 Å². The van der Waals surface area contributed by atoms with Crippen LogP contribution in [0.25, 0.3) is 0 Å². The predicted octanol–water partition coefficient (Wildman–Crippen LogP) is 6.09. The molecule has 6 rings (SSSR count). The molecule has 2 aliphatic heterocycles. The number of ether oxygens (including phenoxy) is 7. The second-order valence-electron chi connectivity index (χ2n) is 17.4. The Kier molecular flexibility index (Phi) is 9.29. The summed E-state index contributed by atoms with van der Waals surface area (Å²) in [7, 11) is 1.59. The Labute approximate surface area is 277 Å². The first kappa shape index (κ1) is 35.0. The number of carbonyl (C=O) groups is 1. The fourth-order valence-corrected chi connectivity index (χ4v) is 12.0. The van der Waals surface area contributed by atoms with Gasteiger partial charge >= 0.3 is 5.97 Å². The predicted molar refractivity (Wildman–Crippen MR) is 171 cm³/mol. The third-order valence-electron chi connectivity index (χ3n) is 14.1. The lowest BCUT2D eigenvalue weighted by molar-refractivity contribution is -0.302. The third kappa shape index (κ3) is 5.60. The van der Waals surface area contributed by atoms with Gasteiger partial charge in [0.05, 0.1) is 25.4 Å². The van der Waals surface area contributed by atoms with E-state index >= 15 is 0 Å². The molecule has 0 unspecified atom stereocenters. The zero-order chi connectivity index (χ0) is 33.4. The normalized spacial score (nSPS) is 44.0. The Morgan fingerprint density at radius 1 is 0.957 bits per heavy atom. The summed E-state index contributed by atoms with van der Waals surface area (Å²) < 4.78 is 44.0. The highest BCUT2D eigenvalue weighted by Gasteiger charge is 2.71. The van der Waals surface area contributed by atoms with E-state index in [1.165, 1.54) is 6.92 Å². The quantitative estimate of drug-likeness (QED) is 0.235. The van der Waals surface area contributed by atoms with Crippen LogP contribution in [-0.4, -0.2) is 79.8 Å². The summed E-state index contributed by atoms with van der Waals surface area (Å²) in [6, 6.07) is 0. The zero-order valence-electron chi connectivity index (χ0n) is 30.1. The number of fused-ring (bicyclic) bond motifs is 7. The van der Waals surface area contributed by atoms with Crippen molar-refractivity contribution in [3.05, 3.63) is 0 Å². The molecule has 4 aliphatic carbocycles. The van der Waals surface area contributed by atoms with Gasteiger partial charge in [0.15, 0.2) is 17.7 Å². The monoisotopic (exact) mass is 650 g/mol. The van der Waals surface area contributed by atoms with Crippen LogP contribution >= 0.6 is 0 Å². The van der Waals surface area contributed by atoms with Crippen molar-refractivity contribution in [3.8, 4) is 0 Å². The van der Waals surface area contributed by atoms with E-state index in [2.05, 4.69) is 34.6 Å². The molecule has 6 fully saturated rings. The number of methoxy groups -OCH3 is 1. The summed E-state index contributed by atoms with van der Waals surface area (Å²) in [5.74, 6) is 0.163. The van der Waals surface area contributed by atoms with Crippen LogP contribution in [-0.2, 0) is 38.0 Å². The molecular formula is C37H62O9. The molecule has 9 heteroatoms. The van der Waals surface area contributed by atoms with Crippen molar-refractivity contribution in [1.82, 2.24) is 0 Å². The van der Waals surface area contributed by atoms with Crippen LogP contribution < -0.4 is 0 Å². The standard InChI is InChI=1S/C37H62O9/c1-21(2)22(3)31(41-20-40-10)32(44-23(4)38)36(9,39)29-12-11-25-24-18-37(42-15-16-43-37)30-17-27-28(46-33(5,6)45-27)19-35(30,8)26(24)13-14-34(25,29)7/h21-22,24-32,39H,11-20H2,1-10H3/t22-,24-,25-,26-,27-,28+,29-,30-,31+,32-,34-,35+,36+/m0/s1. The van der Waals surface area contributed by atoms with Crippen LogP contribution in [0.1, 0.15) is 107 Å². The van der Waals surface area contributed by atoms with Crippen molar-refractivity contribution < 1.29 is 43.1 Å². The lowest BCUT2D eigenvalue weighted by atomic mass is 9.42. The summed E-state index contributed by atoms with van der Waals surface area (Å²) in [5, 5.41) is 12.7. The van der Waals surface area contributed by atoms with E-state index in [4.69, 9.17) is 33.2 Å². The molecule has 1 spiro atoms. The lowest BCUT2D eigenvalue weighted by Gasteiger charge is -2.65. The maximum Gasteiger partial charge on any atom is 0.303 e. The average Bonchev–Trinajstić information content (AvgIpc) is 3.65. The number of aliphatic hydroxyl groups is 1. The number of hydrogen-bond donors (Lipinski definition) is 1. The van der Waals surface area contributed by atoms with E-state index < -0.39 is 35.4 Å². The minimum absolute atomic E-state index is 0.00774. The highest BCUT2D eigenvalue weighted by molar-refractivity contribution is 5.66. The fourth-order valence-electron chi connectivity index (χ4n) is 12.0. The van der Waals surface area contributed by atoms with E-state index in [0.29, 0.717) is 31.0 Å². The molecule has 0 amide bonds. The second kappa shape index (κ2) is 12.2. The number of rotatable bonds is 9. The summed E-state index contributed by atoms with van der Waals surface area (Å²) in [6.45, 7) is 20.0. The van der Waals surface area contributed by atoms with Crippen molar-refractivity contribution in [1.29, 1.82) is 0 Å². The first-order chi connectivity index (χ1) is 21.5. The molecule has 2 saturated heterocycles. The number of carbonyl (C=O) groups excluding carboxylic acids is 1. The van der Waals surface area contributed by atoms with Gasteiger partial charge in [-0.05, 0) is 106 Å². The van der Waals surface area contributed by atoms with E-state index in [0.717, 1.165) is 44.9 Å². The highest BCUT2D eigenvalue weighted by Crippen LogP contribution is 2.72. The molecule has 1 N–H and O–H groups in total. The van der Waals surface area contributed by atoms with Crippen molar-refractivity contribution in [2.45, 2.75) is 149 Å². The van der Waals surface area contributed by atoms with Crippen LogP contribution in [0, 0.1) is 52.3 Å². The van der Waals surface area contributed by atoms with E-state index in [1.807, 2.05) is 20.8 Å². The molecule has 13 atom stereocenters. The third-order valence-corrected chi connectivity index (χ3v) is 14.1. The van der Waals surface area contributed by atoms with Crippen molar-refractivity contribution in [2.75, 3.05) is 27.1 Å². The van der Waals surface area contributed by atoms with Crippen LogP contribution in [0.5, 0.6) is 0 Å². The molecule has 2 heterocycles. The van der Waals surface area contributed by atoms with Crippen molar-refractivity contribution in [2.24, 2.45) is 52.3 Å². The maximum absolute atomic E-state index is 12.7. The van der Waals surface area contributed by atoms with Crippen LogP contribution in [0.2, 0.25) is 0 Å². The first-order valence-corrected chi connectivity index (χ1v) is 18.1. The smallest absolute Gasteiger partial charge is 0.303 e. The van der Waals surface area contributed by atoms with Crippen LogP contribution in [0.3, 0.4) is 0 Å². The molecule has 264 valence electrons. The van der Waals surface area contributed by atoms with Gasteiger partial charge in [0.2, 0.25) is 0 Å². The van der Waals surface area contributed by atoms with Gasteiger partial charge in [-0.1, -0.05) is 34.6 Å². The summed E-state index contributed by atoms with van der Waals surface area (Å²) >= 11 is 0.